The summed E-state index contributed by atoms with van der Waals surface area (Å²) < 4.78 is 0. The van der Waals surface area contributed by atoms with Crippen molar-refractivity contribution in [2.75, 3.05) is 0 Å². The van der Waals surface area contributed by atoms with Crippen molar-refractivity contribution in [1.82, 2.24) is 0 Å². The predicted octanol–water partition coefficient (Wildman–Crippen LogP) is 32.5. The topological polar surface area (TPSA) is 0 Å². The fourth-order valence-corrected chi connectivity index (χ4v) is 25.5. The smallest absolute Gasteiger partial charge is 0.0312 e. The van der Waals surface area contributed by atoms with Crippen LogP contribution in [0.25, 0.3) is 0 Å². The van der Waals surface area contributed by atoms with Crippen LogP contribution in [0.3, 0.4) is 0 Å². The summed E-state index contributed by atoms with van der Waals surface area (Å²) in [6, 6.07) is 0. The molecule has 0 radical (unpaired) electrons. The molecule has 0 heteroatoms. The van der Waals surface area contributed by atoms with E-state index in [1.807, 2.05) is 0 Å². The van der Waals surface area contributed by atoms with Crippen molar-refractivity contribution >= 4 is 0 Å². The monoisotopic (exact) mass is 1360 g/mol. The Morgan fingerprint density at radius 1 is 0.144 bits per heavy atom. The highest BCUT2D eigenvalue weighted by molar-refractivity contribution is 5.11. The maximum atomic E-state index is 2.93. The zero-order chi connectivity index (χ0) is 75.5. The highest BCUT2D eigenvalue weighted by Crippen LogP contribution is 2.68. The first-order valence-corrected chi connectivity index (χ1v) is 45.4. The van der Waals surface area contributed by atoms with Gasteiger partial charge in [0.05, 0.1) is 0 Å². The van der Waals surface area contributed by atoms with Crippen LogP contribution < -0.4 is 0 Å². The first-order valence-electron chi connectivity index (χ1n) is 45.4. The Labute approximate surface area is 620 Å². The van der Waals surface area contributed by atoms with Gasteiger partial charge in [-0.1, -0.05) is 393 Å². The molecule has 0 aliphatic carbocycles. The van der Waals surface area contributed by atoms with Crippen LogP contribution in [0.15, 0.2) is 0 Å². The van der Waals surface area contributed by atoms with Gasteiger partial charge in [-0.05, 0) is 231 Å². The summed E-state index contributed by atoms with van der Waals surface area (Å²) in [4.78, 5) is 0. The predicted molar refractivity (Wildman–Crippen MR) is 447 cm³/mol. The lowest BCUT2D eigenvalue weighted by Gasteiger charge is -2.65. The van der Waals surface area contributed by atoms with Crippen LogP contribution in [-0.4, -0.2) is 0 Å². The Kier molecular flexibility index (Phi) is 48.3. The van der Waals surface area contributed by atoms with Gasteiger partial charge in [0.25, 0.3) is 0 Å². The molecule has 0 nitrogen and oxygen atoms in total. The standard InChI is InChI=1S/C97H196/c1-42-58-84(74(44-3)45-4)92(91(82(56-15)67(33)34)83(57-16)68(35)36)96(95(87(72(40)61(21)22)75(46-5)47-6)88(73(41)62(23)24)79(53-12)64(27)28)97(93(85(69(37)43-2)78(52-11)63(25)26)89(76(48-7)49-8)80(54-13)65(29)30)94(86(70(38)59(17)18)71(39)60(19)20)90(77(50-9)51-10)81(55-14)66(31)32/h59-97H,42-58H2,1-41H3. The van der Waals surface area contributed by atoms with Gasteiger partial charge in [-0.3, -0.25) is 0 Å². The zero-order valence-corrected chi connectivity index (χ0v) is 75.5. The number of hydrogen-bond donors (Lipinski definition) is 0. The van der Waals surface area contributed by atoms with Crippen molar-refractivity contribution in [2.45, 2.75) is 393 Å². The molecule has 0 saturated carbocycles. The summed E-state index contributed by atoms with van der Waals surface area (Å²) in [7, 11) is 0. The number of rotatable bonds is 55. The van der Waals surface area contributed by atoms with Crippen LogP contribution in [0.1, 0.15) is 393 Å². The molecule has 0 aromatic heterocycles. The quantitative estimate of drug-likeness (QED) is 0.0569. The molecular formula is C97H196. The Hall–Kier alpha value is 0. The summed E-state index contributed by atoms with van der Waals surface area (Å²) in [6.45, 7) is 113. The molecule has 23 unspecified atom stereocenters. The number of hydrogen-bond acceptors (Lipinski definition) is 0. The van der Waals surface area contributed by atoms with E-state index in [1.54, 1.807) is 0 Å². The third-order valence-corrected chi connectivity index (χ3v) is 31.8. The van der Waals surface area contributed by atoms with E-state index in [1.165, 1.54) is 109 Å². The molecule has 0 N–H and O–H groups in total. The second-order valence-corrected chi connectivity index (χ2v) is 39.0. The highest BCUT2D eigenvalue weighted by atomic mass is 14.7. The molecule has 0 amide bonds. The van der Waals surface area contributed by atoms with E-state index in [4.69, 9.17) is 0 Å². The minimum Gasteiger partial charge on any atom is -0.0654 e. The van der Waals surface area contributed by atoms with Crippen molar-refractivity contribution in [3.05, 3.63) is 0 Å². The van der Waals surface area contributed by atoms with Crippen LogP contribution in [0.2, 0.25) is 0 Å². The molecular weight excluding hydrogens is 1170 g/mol. The summed E-state index contributed by atoms with van der Waals surface area (Å²) >= 11 is 0. The van der Waals surface area contributed by atoms with Gasteiger partial charge in [-0.25, -0.2) is 0 Å². The molecule has 0 aliphatic rings. The van der Waals surface area contributed by atoms with Crippen molar-refractivity contribution in [3.8, 4) is 0 Å². The van der Waals surface area contributed by atoms with Crippen LogP contribution in [0.4, 0.5) is 0 Å². The maximum absolute atomic E-state index is 2.93. The zero-order valence-electron chi connectivity index (χ0n) is 75.5. The minimum atomic E-state index is 0.541. The lowest BCUT2D eigenvalue weighted by atomic mass is 9.39. The third-order valence-electron chi connectivity index (χ3n) is 31.8. The van der Waals surface area contributed by atoms with E-state index >= 15 is 0 Å². The Morgan fingerprint density at radius 2 is 0.361 bits per heavy atom. The fourth-order valence-electron chi connectivity index (χ4n) is 25.5. The molecule has 0 aliphatic heterocycles. The van der Waals surface area contributed by atoms with E-state index in [2.05, 4.69) is 284 Å². The normalized spacial score (nSPS) is 21.2. The van der Waals surface area contributed by atoms with E-state index in [0.717, 1.165) is 0 Å². The van der Waals surface area contributed by atoms with Gasteiger partial charge < -0.3 is 0 Å². The lowest BCUT2D eigenvalue weighted by Crippen LogP contribution is -2.61. The molecule has 0 bridgehead atoms. The van der Waals surface area contributed by atoms with E-state index in [0.29, 0.717) is 231 Å². The molecule has 0 aromatic rings. The van der Waals surface area contributed by atoms with Crippen LogP contribution >= 0.6 is 0 Å². The molecule has 0 spiro atoms. The van der Waals surface area contributed by atoms with Gasteiger partial charge in [0, 0.05) is 0 Å². The molecule has 584 valence electrons. The van der Waals surface area contributed by atoms with Crippen LogP contribution in [0.5, 0.6) is 0 Å². The molecule has 0 fully saturated rings. The highest BCUT2D eigenvalue weighted by Gasteiger charge is 2.63. The molecule has 0 rings (SSSR count). The van der Waals surface area contributed by atoms with E-state index in [-0.39, 0.29) is 0 Å². The summed E-state index contributed by atoms with van der Waals surface area (Å²) in [6.07, 6.45) is 22.2. The van der Waals surface area contributed by atoms with Gasteiger partial charge in [-0.15, -0.1) is 0 Å². The summed E-state index contributed by atoms with van der Waals surface area (Å²) in [5.41, 5.74) is 0. The molecule has 0 saturated heterocycles. The van der Waals surface area contributed by atoms with E-state index < -0.39 is 0 Å². The van der Waals surface area contributed by atoms with Gasteiger partial charge in [0.15, 0.2) is 0 Å². The fraction of sp³-hybridized carbons (Fsp3) is 1.00. The Bertz CT molecular complexity index is 1790. The van der Waals surface area contributed by atoms with E-state index in [9.17, 15) is 0 Å². The van der Waals surface area contributed by atoms with Crippen molar-refractivity contribution in [2.24, 2.45) is 231 Å². The van der Waals surface area contributed by atoms with Crippen LogP contribution in [-0.2, 0) is 0 Å². The second-order valence-electron chi connectivity index (χ2n) is 39.0. The average Bonchev–Trinajstić information content (AvgIpc) is 0.715. The third kappa shape index (κ3) is 24.8. The molecule has 0 heterocycles. The van der Waals surface area contributed by atoms with Gasteiger partial charge >= 0.3 is 0 Å². The van der Waals surface area contributed by atoms with Crippen molar-refractivity contribution in [3.63, 3.8) is 0 Å². The molecule has 0 aromatic carbocycles. The largest absolute Gasteiger partial charge is 0.0654 e. The minimum absolute atomic E-state index is 0.541. The van der Waals surface area contributed by atoms with Crippen molar-refractivity contribution in [1.29, 1.82) is 0 Å². The molecule has 97 heavy (non-hydrogen) atoms. The summed E-state index contributed by atoms with van der Waals surface area (Å²) in [5.74, 6) is 24.0. The average molecular weight is 1360 g/mol. The lowest BCUT2D eigenvalue weighted by molar-refractivity contribution is -0.180. The molecule has 23 atom stereocenters. The second kappa shape index (κ2) is 48.3. The first-order chi connectivity index (χ1) is 45.4. The van der Waals surface area contributed by atoms with Crippen molar-refractivity contribution < 1.29 is 0 Å². The summed E-state index contributed by atoms with van der Waals surface area (Å²) in [5, 5.41) is 0. The SMILES string of the molecule is CCCC(C(CC)CC)C(C(C(CC)C(C)C)C(CC)C(C)C)C(C(C(C(CC)CC)C(C)C(C)C)C(C(C)C(C)C)C(CC)C(C)C)C(C(C(C(C)C(C)C)C(C)C(C)C)C(C(CC)CC)C(CC)C(C)C)C(C(C(C)CC)C(CC)C(C)C)C(C(CC)CC)C(CC)C(C)C. The Balaban J connectivity index is 14.1. The Morgan fingerprint density at radius 3 is 0.619 bits per heavy atom. The first kappa shape index (κ1) is 97.0. The van der Waals surface area contributed by atoms with Gasteiger partial charge in [-0.2, -0.15) is 0 Å². The maximum Gasteiger partial charge on any atom is -0.0312 e. The van der Waals surface area contributed by atoms with Gasteiger partial charge in [0.1, 0.15) is 0 Å². The van der Waals surface area contributed by atoms with Crippen LogP contribution in [0, 0.1) is 231 Å². The van der Waals surface area contributed by atoms with Gasteiger partial charge in [0.2, 0.25) is 0 Å².